The lowest BCUT2D eigenvalue weighted by Gasteiger charge is -2.11. The molecule has 0 aliphatic carbocycles. The van der Waals surface area contributed by atoms with Crippen LogP contribution >= 0.6 is 22.7 Å². The monoisotopic (exact) mass is 302 g/mol. The van der Waals surface area contributed by atoms with Crippen molar-refractivity contribution in [2.75, 3.05) is 12.1 Å². The van der Waals surface area contributed by atoms with Gasteiger partial charge in [-0.3, -0.25) is 0 Å². The number of hydrogen-bond acceptors (Lipinski definition) is 6. The topological polar surface area (TPSA) is 43.4 Å². The van der Waals surface area contributed by atoms with Crippen molar-refractivity contribution in [1.82, 2.24) is 4.98 Å². The average Bonchev–Trinajstić information content (AvgIpc) is 3.21. The third-order valence-corrected chi connectivity index (χ3v) is 4.56. The van der Waals surface area contributed by atoms with E-state index in [9.17, 15) is 0 Å². The standard InChI is InChI=1S/C14H10N2O2S2/c1-2-11(19-6-1)12-9(16-14-15-5-7-20-14)3-4-10-13(12)18-8-17-10/h1-7H,8H2,(H,15,16). The molecule has 4 nitrogen and oxygen atoms in total. The first kappa shape index (κ1) is 11.7. The minimum absolute atomic E-state index is 0.272. The summed E-state index contributed by atoms with van der Waals surface area (Å²) in [5, 5.41) is 8.21. The zero-order valence-corrected chi connectivity index (χ0v) is 12.0. The van der Waals surface area contributed by atoms with Gasteiger partial charge in [0, 0.05) is 16.5 Å². The number of benzene rings is 1. The van der Waals surface area contributed by atoms with Crippen LogP contribution in [0.1, 0.15) is 0 Å². The lowest BCUT2D eigenvalue weighted by Crippen LogP contribution is -1.95. The van der Waals surface area contributed by atoms with Crippen LogP contribution in [0, 0.1) is 0 Å². The molecule has 6 heteroatoms. The number of thiophene rings is 1. The number of aromatic nitrogens is 1. The van der Waals surface area contributed by atoms with E-state index in [1.165, 1.54) is 0 Å². The third kappa shape index (κ3) is 1.93. The molecule has 2 aromatic heterocycles. The molecule has 4 rings (SSSR count). The number of hydrogen-bond donors (Lipinski definition) is 1. The number of anilines is 2. The summed E-state index contributed by atoms with van der Waals surface area (Å²) in [4.78, 5) is 5.41. The molecule has 0 fully saturated rings. The molecule has 0 atom stereocenters. The van der Waals surface area contributed by atoms with Crippen molar-refractivity contribution >= 4 is 33.5 Å². The quantitative estimate of drug-likeness (QED) is 0.781. The summed E-state index contributed by atoms with van der Waals surface area (Å²) in [6.07, 6.45) is 1.78. The Morgan fingerprint density at radius 2 is 2.10 bits per heavy atom. The van der Waals surface area contributed by atoms with Gasteiger partial charge in [-0.25, -0.2) is 4.98 Å². The van der Waals surface area contributed by atoms with Crippen molar-refractivity contribution in [3.63, 3.8) is 0 Å². The van der Waals surface area contributed by atoms with Gasteiger partial charge in [0.25, 0.3) is 0 Å². The fourth-order valence-corrected chi connectivity index (χ4v) is 3.46. The van der Waals surface area contributed by atoms with Gasteiger partial charge in [-0.15, -0.1) is 22.7 Å². The van der Waals surface area contributed by atoms with Crippen molar-refractivity contribution < 1.29 is 9.47 Å². The van der Waals surface area contributed by atoms with Crippen molar-refractivity contribution in [3.8, 4) is 21.9 Å². The van der Waals surface area contributed by atoms with E-state index in [4.69, 9.17) is 9.47 Å². The van der Waals surface area contributed by atoms with Gasteiger partial charge in [0.1, 0.15) is 0 Å². The van der Waals surface area contributed by atoms with Crippen LogP contribution in [0.3, 0.4) is 0 Å². The summed E-state index contributed by atoms with van der Waals surface area (Å²) in [6.45, 7) is 0.272. The molecule has 100 valence electrons. The zero-order valence-electron chi connectivity index (χ0n) is 10.3. The van der Waals surface area contributed by atoms with Gasteiger partial charge < -0.3 is 14.8 Å². The molecule has 0 spiro atoms. The van der Waals surface area contributed by atoms with Crippen molar-refractivity contribution in [2.24, 2.45) is 0 Å². The maximum absolute atomic E-state index is 5.64. The summed E-state index contributed by atoms with van der Waals surface area (Å²) in [5.74, 6) is 1.59. The Morgan fingerprint density at radius 3 is 2.90 bits per heavy atom. The van der Waals surface area contributed by atoms with Gasteiger partial charge in [-0.05, 0) is 23.6 Å². The van der Waals surface area contributed by atoms with Gasteiger partial charge in [-0.1, -0.05) is 6.07 Å². The summed E-state index contributed by atoms with van der Waals surface area (Å²) in [5.41, 5.74) is 2.01. The third-order valence-electron chi connectivity index (χ3n) is 2.98. The van der Waals surface area contributed by atoms with Crippen molar-refractivity contribution in [1.29, 1.82) is 0 Å². The Hall–Kier alpha value is -2.05. The molecule has 1 aliphatic rings. The average molecular weight is 302 g/mol. The maximum atomic E-state index is 5.64. The normalized spacial score (nSPS) is 12.6. The van der Waals surface area contributed by atoms with Crippen molar-refractivity contribution in [2.45, 2.75) is 0 Å². The summed E-state index contributed by atoms with van der Waals surface area (Å²) < 4.78 is 11.1. The highest BCUT2D eigenvalue weighted by Gasteiger charge is 2.23. The number of fused-ring (bicyclic) bond motifs is 1. The highest BCUT2D eigenvalue weighted by atomic mass is 32.1. The van der Waals surface area contributed by atoms with E-state index in [-0.39, 0.29) is 6.79 Å². The fourth-order valence-electron chi connectivity index (χ4n) is 2.14. The molecule has 20 heavy (non-hydrogen) atoms. The van der Waals surface area contributed by atoms with Crippen LogP contribution in [0.4, 0.5) is 10.8 Å². The molecule has 0 unspecified atom stereocenters. The molecule has 0 bridgehead atoms. The van der Waals surface area contributed by atoms with Gasteiger partial charge >= 0.3 is 0 Å². The Balaban J connectivity index is 1.86. The minimum atomic E-state index is 0.272. The minimum Gasteiger partial charge on any atom is -0.454 e. The first-order valence-electron chi connectivity index (χ1n) is 6.05. The van der Waals surface area contributed by atoms with Crippen LogP contribution in [0.15, 0.2) is 41.2 Å². The highest BCUT2D eigenvalue weighted by Crippen LogP contribution is 2.47. The molecule has 3 aromatic rings. The van der Waals surface area contributed by atoms with E-state index in [0.29, 0.717) is 0 Å². The molecular weight excluding hydrogens is 292 g/mol. The van der Waals surface area contributed by atoms with E-state index in [0.717, 1.165) is 32.8 Å². The smallest absolute Gasteiger partial charge is 0.231 e. The Kier molecular flexibility index (Phi) is 2.82. The second-order valence-corrected chi connectivity index (χ2v) is 6.00. The summed E-state index contributed by atoms with van der Waals surface area (Å²) >= 11 is 3.24. The fraction of sp³-hybridized carbons (Fsp3) is 0.0714. The zero-order chi connectivity index (χ0) is 13.4. The van der Waals surface area contributed by atoms with Crippen LogP contribution in [0.25, 0.3) is 10.4 Å². The molecule has 0 saturated carbocycles. The molecule has 0 amide bonds. The maximum Gasteiger partial charge on any atom is 0.231 e. The van der Waals surface area contributed by atoms with E-state index in [2.05, 4.69) is 21.7 Å². The highest BCUT2D eigenvalue weighted by molar-refractivity contribution is 7.14. The van der Waals surface area contributed by atoms with Gasteiger partial charge in [0.2, 0.25) is 6.79 Å². The molecule has 0 saturated heterocycles. The number of rotatable bonds is 3. The molecule has 1 aromatic carbocycles. The van der Waals surface area contributed by atoms with Crippen LogP contribution in [0.2, 0.25) is 0 Å². The second kappa shape index (κ2) is 4.81. The van der Waals surface area contributed by atoms with Gasteiger partial charge in [0.15, 0.2) is 16.6 Å². The van der Waals surface area contributed by atoms with E-state index < -0.39 is 0 Å². The van der Waals surface area contributed by atoms with Gasteiger partial charge in [-0.2, -0.15) is 0 Å². The Labute approximate surface area is 123 Å². The van der Waals surface area contributed by atoms with E-state index >= 15 is 0 Å². The SMILES string of the molecule is c1csc(-c2c(Nc3nccs3)ccc3c2OCO3)c1. The van der Waals surface area contributed by atoms with Crippen LogP contribution in [-0.4, -0.2) is 11.8 Å². The lowest BCUT2D eigenvalue weighted by atomic mass is 10.1. The number of ether oxygens (including phenoxy) is 2. The molecule has 1 aliphatic heterocycles. The summed E-state index contributed by atoms with van der Waals surface area (Å²) in [6, 6.07) is 8.04. The predicted molar refractivity (Wildman–Crippen MR) is 81.3 cm³/mol. The molecule has 3 heterocycles. The first-order valence-corrected chi connectivity index (χ1v) is 7.81. The summed E-state index contributed by atoms with van der Waals surface area (Å²) in [7, 11) is 0. The second-order valence-electron chi connectivity index (χ2n) is 4.16. The Bertz CT molecular complexity index is 724. The van der Waals surface area contributed by atoms with E-state index in [1.807, 2.05) is 23.6 Å². The molecule has 0 radical (unpaired) electrons. The number of thiazole rings is 1. The number of nitrogens with one attached hydrogen (secondary N) is 1. The Morgan fingerprint density at radius 1 is 1.10 bits per heavy atom. The van der Waals surface area contributed by atoms with Crippen LogP contribution in [-0.2, 0) is 0 Å². The number of nitrogens with zero attached hydrogens (tertiary/aromatic N) is 1. The largest absolute Gasteiger partial charge is 0.454 e. The first-order chi connectivity index (χ1) is 9.92. The van der Waals surface area contributed by atoms with Crippen LogP contribution in [0.5, 0.6) is 11.5 Å². The lowest BCUT2D eigenvalue weighted by molar-refractivity contribution is 0.174. The van der Waals surface area contributed by atoms with Gasteiger partial charge in [0.05, 0.1) is 11.3 Å². The molecular formula is C14H10N2O2S2. The van der Waals surface area contributed by atoms with Crippen molar-refractivity contribution in [3.05, 3.63) is 41.2 Å². The van der Waals surface area contributed by atoms with Crippen LogP contribution < -0.4 is 14.8 Å². The van der Waals surface area contributed by atoms with E-state index in [1.54, 1.807) is 28.9 Å². The predicted octanol–water partition coefficient (Wildman–Crippen LogP) is 4.34. The molecule has 1 N–H and O–H groups in total.